The summed E-state index contributed by atoms with van der Waals surface area (Å²) in [7, 11) is 0.137. The van der Waals surface area contributed by atoms with Crippen molar-refractivity contribution >= 4 is 9.84 Å². The van der Waals surface area contributed by atoms with Crippen molar-refractivity contribution < 1.29 is 23.0 Å². The molecule has 0 radical (unpaired) electrons. The van der Waals surface area contributed by atoms with Gasteiger partial charge < -0.3 is 14.6 Å². The molecule has 0 aliphatic carbocycles. The Balaban J connectivity index is 2.19. The molecule has 1 N–H and O–H groups in total. The average Bonchev–Trinajstić information content (AvgIpc) is 2.76. The van der Waals surface area contributed by atoms with Gasteiger partial charge in [0.2, 0.25) is 0 Å². The zero-order valence-electron chi connectivity index (χ0n) is 11.7. The molecule has 2 unspecified atom stereocenters. The second-order valence-corrected chi connectivity index (χ2v) is 7.33. The van der Waals surface area contributed by atoms with Crippen LogP contribution in [0, 0.1) is 5.92 Å². The summed E-state index contributed by atoms with van der Waals surface area (Å²) in [6.45, 7) is 0. The summed E-state index contributed by atoms with van der Waals surface area (Å²) in [4.78, 5) is 0. The van der Waals surface area contributed by atoms with E-state index in [0.29, 0.717) is 29.9 Å². The Hall–Kier alpha value is -1.27. The molecule has 1 aromatic carbocycles. The van der Waals surface area contributed by atoms with Crippen molar-refractivity contribution in [1.82, 2.24) is 0 Å². The Kier molecular flexibility index (Phi) is 4.55. The van der Waals surface area contributed by atoms with Gasteiger partial charge in [-0.1, -0.05) is 6.07 Å². The number of ether oxygens (including phenoxy) is 2. The number of aliphatic hydroxyl groups is 1. The highest BCUT2D eigenvalue weighted by Crippen LogP contribution is 2.38. The molecule has 1 fully saturated rings. The molecule has 1 saturated heterocycles. The molecule has 0 amide bonds. The second kappa shape index (κ2) is 6.01. The number of benzene rings is 1. The molecule has 0 spiro atoms. The van der Waals surface area contributed by atoms with E-state index in [1.165, 1.54) is 14.2 Å². The number of sulfone groups is 1. The molecule has 5 nitrogen and oxygen atoms in total. The Morgan fingerprint density at radius 2 is 1.90 bits per heavy atom. The molecular weight excluding hydrogens is 280 g/mol. The van der Waals surface area contributed by atoms with Crippen LogP contribution in [-0.2, 0) is 9.84 Å². The number of hydrogen-bond donors (Lipinski definition) is 1. The van der Waals surface area contributed by atoms with Crippen molar-refractivity contribution in [2.24, 2.45) is 5.92 Å². The highest BCUT2D eigenvalue weighted by molar-refractivity contribution is 7.91. The van der Waals surface area contributed by atoms with E-state index in [0.717, 1.165) is 0 Å². The molecule has 0 aromatic heterocycles. The monoisotopic (exact) mass is 300 g/mol. The first kappa shape index (κ1) is 15.1. The maximum absolute atomic E-state index is 11.5. The van der Waals surface area contributed by atoms with Crippen LogP contribution in [0.3, 0.4) is 0 Å². The molecule has 2 atom stereocenters. The van der Waals surface area contributed by atoms with Gasteiger partial charge in [-0.15, -0.1) is 0 Å². The standard InChI is InChI=1S/C14H20O5S/c1-18-12-4-3-5-13(19-2)14(12)11(15)8-10-6-7-20(16,17)9-10/h3-5,10-11,15H,6-9H2,1-2H3. The topological polar surface area (TPSA) is 72.8 Å². The van der Waals surface area contributed by atoms with Crippen LogP contribution >= 0.6 is 0 Å². The summed E-state index contributed by atoms with van der Waals surface area (Å²) < 4.78 is 33.5. The lowest BCUT2D eigenvalue weighted by Crippen LogP contribution is -2.11. The van der Waals surface area contributed by atoms with Crippen LogP contribution in [0.1, 0.15) is 24.5 Å². The number of methoxy groups -OCH3 is 2. The summed E-state index contributed by atoms with van der Waals surface area (Å²) in [6, 6.07) is 5.30. The predicted octanol–water partition coefficient (Wildman–Crippen LogP) is 1.56. The molecule has 6 heteroatoms. The van der Waals surface area contributed by atoms with E-state index in [1.807, 2.05) is 0 Å². The molecule has 20 heavy (non-hydrogen) atoms. The van der Waals surface area contributed by atoms with Crippen molar-refractivity contribution in [2.45, 2.75) is 18.9 Å². The molecule has 1 aliphatic rings. The summed E-state index contributed by atoms with van der Waals surface area (Å²) in [5.74, 6) is 1.47. The van der Waals surface area contributed by atoms with Gasteiger partial charge in [-0.2, -0.15) is 0 Å². The normalized spacial score (nSPS) is 22.4. The maximum atomic E-state index is 11.5. The van der Waals surface area contributed by atoms with Crippen LogP contribution < -0.4 is 9.47 Å². The lowest BCUT2D eigenvalue weighted by molar-refractivity contribution is 0.141. The van der Waals surface area contributed by atoms with Gasteiger partial charge in [0.1, 0.15) is 11.5 Å². The van der Waals surface area contributed by atoms with E-state index in [9.17, 15) is 13.5 Å². The lowest BCUT2D eigenvalue weighted by atomic mass is 9.95. The van der Waals surface area contributed by atoms with Crippen LogP contribution in [0.2, 0.25) is 0 Å². The highest BCUT2D eigenvalue weighted by Gasteiger charge is 2.31. The van der Waals surface area contributed by atoms with Crippen LogP contribution in [0.15, 0.2) is 18.2 Å². The third-order valence-electron chi connectivity index (χ3n) is 3.68. The molecule has 1 heterocycles. The van der Waals surface area contributed by atoms with Crippen molar-refractivity contribution in [2.75, 3.05) is 25.7 Å². The van der Waals surface area contributed by atoms with Gasteiger partial charge in [0.15, 0.2) is 9.84 Å². The predicted molar refractivity (Wildman–Crippen MR) is 75.9 cm³/mol. The van der Waals surface area contributed by atoms with Gasteiger partial charge in [-0.25, -0.2) is 8.42 Å². The Morgan fingerprint density at radius 1 is 1.30 bits per heavy atom. The van der Waals surface area contributed by atoms with Crippen LogP contribution in [0.4, 0.5) is 0 Å². The largest absolute Gasteiger partial charge is 0.496 e. The van der Waals surface area contributed by atoms with Gasteiger partial charge in [0, 0.05) is 0 Å². The molecule has 0 bridgehead atoms. The van der Waals surface area contributed by atoms with E-state index in [1.54, 1.807) is 18.2 Å². The van der Waals surface area contributed by atoms with E-state index in [2.05, 4.69) is 0 Å². The summed E-state index contributed by atoms with van der Waals surface area (Å²) in [5, 5.41) is 10.4. The first-order chi connectivity index (χ1) is 9.46. The first-order valence-electron chi connectivity index (χ1n) is 6.56. The Labute approximate surface area is 119 Å². The van der Waals surface area contributed by atoms with Crippen molar-refractivity contribution in [1.29, 1.82) is 0 Å². The molecule has 0 saturated carbocycles. The lowest BCUT2D eigenvalue weighted by Gasteiger charge is -2.20. The quantitative estimate of drug-likeness (QED) is 0.893. The van der Waals surface area contributed by atoms with E-state index in [4.69, 9.17) is 9.47 Å². The van der Waals surface area contributed by atoms with Gasteiger partial charge in [-0.3, -0.25) is 0 Å². The number of hydrogen-bond acceptors (Lipinski definition) is 5. The first-order valence-corrected chi connectivity index (χ1v) is 8.38. The minimum absolute atomic E-state index is 0.00961. The number of rotatable bonds is 5. The Bertz CT molecular complexity index is 545. The van der Waals surface area contributed by atoms with Crippen LogP contribution in [-0.4, -0.2) is 39.2 Å². The Morgan fingerprint density at radius 3 is 2.35 bits per heavy atom. The molecule has 112 valence electrons. The summed E-state index contributed by atoms with van der Waals surface area (Å²) in [6.07, 6.45) is 0.215. The average molecular weight is 300 g/mol. The minimum Gasteiger partial charge on any atom is -0.496 e. The van der Waals surface area contributed by atoms with Gasteiger partial charge in [0.25, 0.3) is 0 Å². The second-order valence-electron chi connectivity index (χ2n) is 5.10. The van der Waals surface area contributed by atoms with Gasteiger partial charge in [0.05, 0.1) is 37.4 Å². The third-order valence-corrected chi connectivity index (χ3v) is 5.52. The molecule has 1 aliphatic heterocycles. The number of aliphatic hydroxyl groups excluding tert-OH is 1. The fourth-order valence-corrected chi connectivity index (χ4v) is 4.58. The zero-order valence-corrected chi connectivity index (χ0v) is 12.5. The molecule has 2 rings (SSSR count). The third kappa shape index (κ3) is 3.24. The van der Waals surface area contributed by atoms with Crippen molar-refractivity contribution in [3.63, 3.8) is 0 Å². The smallest absolute Gasteiger partial charge is 0.150 e. The van der Waals surface area contributed by atoms with Crippen LogP contribution in [0.5, 0.6) is 11.5 Å². The van der Waals surface area contributed by atoms with Crippen LogP contribution in [0.25, 0.3) is 0 Å². The molecule has 1 aromatic rings. The van der Waals surface area contributed by atoms with E-state index < -0.39 is 15.9 Å². The molecular formula is C14H20O5S. The van der Waals surface area contributed by atoms with Crippen molar-refractivity contribution in [3.8, 4) is 11.5 Å². The highest BCUT2D eigenvalue weighted by atomic mass is 32.2. The maximum Gasteiger partial charge on any atom is 0.150 e. The summed E-state index contributed by atoms with van der Waals surface area (Å²) in [5.41, 5.74) is 0.585. The van der Waals surface area contributed by atoms with E-state index in [-0.39, 0.29) is 17.4 Å². The van der Waals surface area contributed by atoms with E-state index >= 15 is 0 Å². The van der Waals surface area contributed by atoms with Gasteiger partial charge >= 0.3 is 0 Å². The fraction of sp³-hybridized carbons (Fsp3) is 0.571. The summed E-state index contributed by atoms with van der Waals surface area (Å²) >= 11 is 0. The fourth-order valence-electron chi connectivity index (χ4n) is 2.70. The minimum atomic E-state index is -2.93. The van der Waals surface area contributed by atoms with Gasteiger partial charge in [-0.05, 0) is 30.9 Å². The van der Waals surface area contributed by atoms with Crippen molar-refractivity contribution in [3.05, 3.63) is 23.8 Å². The zero-order chi connectivity index (χ0) is 14.8. The SMILES string of the molecule is COc1cccc(OC)c1C(O)CC1CCS(=O)(=O)C1.